The summed E-state index contributed by atoms with van der Waals surface area (Å²) in [4.78, 5) is 25.0. The molecule has 0 atom stereocenters. The molecule has 4 aromatic rings. The zero-order chi connectivity index (χ0) is 21.8. The lowest BCUT2D eigenvalue weighted by Crippen LogP contribution is -2.31. The van der Waals surface area contributed by atoms with Crippen molar-refractivity contribution in [3.63, 3.8) is 0 Å². The van der Waals surface area contributed by atoms with Gasteiger partial charge in [0.1, 0.15) is 5.75 Å². The van der Waals surface area contributed by atoms with E-state index in [4.69, 9.17) is 9.72 Å². The van der Waals surface area contributed by atoms with Gasteiger partial charge in [-0.05, 0) is 73.0 Å². The second-order valence-corrected chi connectivity index (χ2v) is 9.25. The smallest absolute Gasteiger partial charge is 0.239 e. The van der Waals surface area contributed by atoms with E-state index >= 15 is 0 Å². The fourth-order valence-electron chi connectivity index (χ4n) is 3.31. The number of methoxy groups -OCH3 is 1. The van der Waals surface area contributed by atoms with E-state index in [9.17, 15) is 4.79 Å². The topological polar surface area (TPSA) is 55.3 Å². The van der Waals surface area contributed by atoms with Gasteiger partial charge in [-0.3, -0.25) is 14.7 Å². The normalized spacial score (nSPS) is 10.9. The number of carbonyl (C=O) groups is 1. The number of thioether (sulfide) groups is 1. The summed E-state index contributed by atoms with van der Waals surface area (Å²) < 4.78 is 6.33. The Morgan fingerprint density at radius 1 is 1.10 bits per heavy atom. The molecule has 0 N–H and O–H groups in total. The molecule has 0 radical (unpaired) electrons. The van der Waals surface area contributed by atoms with Gasteiger partial charge in [0.25, 0.3) is 0 Å². The minimum Gasteiger partial charge on any atom is -0.497 e. The largest absolute Gasteiger partial charge is 0.497 e. The molecule has 158 valence electrons. The number of ether oxygens (including phenoxy) is 1. The number of hydrogen-bond acceptors (Lipinski definition) is 6. The Labute approximate surface area is 190 Å². The highest BCUT2D eigenvalue weighted by molar-refractivity contribution is 8.00. The fraction of sp³-hybridized carbons (Fsp3) is 0.208. The van der Waals surface area contributed by atoms with Crippen LogP contribution in [0.5, 0.6) is 5.75 Å². The molecule has 2 aromatic carbocycles. The third-order valence-corrected chi connectivity index (χ3v) is 7.08. The molecule has 31 heavy (non-hydrogen) atoms. The molecular weight excluding hydrogens is 426 g/mol. The second-order valence-electron chi connectivity index (χ2n) is 7.23. The first-order chi connectivity index (χ1) is 15.0. The molecule has 0 saturated carbocycles. The van der Waals surface area contributed by atoms with Crippen LogP contribution in [0.4, 0.5) is 5.13 Å². The Balaban J connectivity index is 1.60. The average molecular weight is 450 g/mol. The van der Waals surface area contributed by atoms with Crippen LogP contribution in [0, 0.1) is 13.8 Å². The van der Waals surface area contributed by atoms with E-state index in [2.05, 4.69) is 31.0 Å². The molecule has 0 spiro atoms. The minimum absolute atomic E-state index is 0.0195. The summed E-state index contributed by atoms with van der Waals surface area (Å²) in [7, 11) is 1.64. The Hall–Kier alpha value is -2.90. The van der Waals surface area contributed by atoms with E-state index in [1.54, 1.807) is 35.7 Å². The molecule has 5 nitrogen and oxygen atoms in total. The molecular formula is C24H23N3O2S2. The molecule has 0 aliphatic heterocycles. The highest BCUT2D eigenvalue weighted by Crippen LogP contribution is 2.33. The summed E-state index contributed by atoms with van der Waals surface area (Å²) in [6.07, 6.45) is 3.49. The van der Waals surface area contributed by atoms with Crippen molar-refractivity contribution in [1.82, 2.24) is 9.97 Å². The van der Waals surface area contributed by atoms with E-state index in [0.29, 0.717) is 12.3 Å². The first-order valence-corrected chi connectivity index (χ1v) is 11.7. The predicted molar refractivity (Wildman–Crippen MR) is 128 cm³/mol. The molecule has 0 aliphatic rings. The van der Waals surface area contributed by atoms with Crippen molar-refractivity contribution in [2.45, 2.75) is 25.3 Å². The van der Waals surface area contributed by atoms with Crippen LogP contribution < -0.4 is 9.64 Å². The van der Waals surface area contributed by atoms with Crippen molar-refractivity contribution < 1.29 is 9.53 Å². The molecule has 0 unspecified atom stereocenters. The van der Waals surface area contributed by atoms with Crippen molar-refractivity contribution in [1.29, 1.82) is 0 Å². The number of amides is 1. The number of nitrogens with zero attached hydrogens (tertiary/aromatic N) is 3. The van der Waals surface area contributed by atoms with Crippen LogP contribution in [0.15, 0.2) is 65.8 Å². The quantitative estimate of drug-likeness (QED) is 0.342. The average Bonchev–Trinajstić information content (AvgIpc) is 3.21. The molecule has 2 heterocycles. The zero-order valence-electron chi connectivity index (χ0n) is 17.7. The van der Waals surface area contributed by atoms with Crippen LogP contribution in [0.3, 0.4) is 0 Å². The summed E-state index contributed by atoms with van der Waals surface area (Å²) in [5.74, 6) is 1.15. The van der Waals surface area contributed by atoms with Crippen LogP contribution in [-0.4, -0.2) is 28.7 Å². The summed E-state index contributed by atoms with van der Waals surface area (Å²) in [6, 6.07) is 15.8. The molecule has 1 amide bonds. The van der Waals surface area contributed by atoms with Gasteiger partial charge in [-0.2, -0.15) is 0 Å². The van der Waals surface area contributed by atoms with Crippen LogP contribution in [0.1, 0.15) is 16.7 Å². The SMILES string of the molecule is COc1ccc(SCC(=O)N(Cc2ccncc2)c2nc3cc(C)cc(C)c3s2)cc1. The predicted octanol–water partition coefficient (Wildman–Crippen LogP) is 5.64. The van der Waals surface area contributed by atoms with Crippen LogP contribution >= 0.6 is 23.1 Å². The molecule has 0 fully saturated rings. The summed E-state index contributed by atoms with van der Waals surface area (Å²) >= 11 is 3.08. The standard InChI is InChI=1S/C24H23N3O2S2/c1-16-12-17(2)23-21(13-16)26-24(31-23)27(14-18-8-10-25-11-9-18)22(28)15-30-20-6-4-19(29-3)5-7-20/h4-13H,14-15H2,1-3H3. The van der Waals surface area contributed by atoms with Crippen LogP contribution in [-0.2, 0) is 11.3 Å². The Kier molecular flexibility index (Phi) is 6.53. The maximum absolute atomic E-state index is 13.3. The van der Waals surface area contributed by atoms with E-state index < -0.39 is 0 Å². The van der Waals surface area contributed by atoms with Crippen molar-refractivity contribution in [3.05, 3.63) is 77.6 Å². The van der Waals surface area contributed by atoms with E-state index in [1.165, 1.54) is 22.9 Å². The van der Waals surface area contributed by atoms with Gasteiger partial charge in [-0.1, -0.05) is 17.4 Å². The van der Waals surface area contributed by atoms with Crippen molar-refractivity contribution in [2.75, 3.05) is 17.8 Å². The summed E-state index contributed by atoms with van der Waals surface area (Å²) in [6.45, 7) is 4.62. The fourth-order valence-corrected chi connectivity index (χ4v) is 5.12. The molecule has 0 bridgehead atoms. The number of thiazole rings is 1. The number of hydrogen-bond donors (Lipinski definition) is 0. The Morgan fingerprint density at radius 3 is 2.55 bits per heavy atom. The maximum Gasteiger partial charge on any atom is 0.239 e. The molecule has 0 saturated heterocycles. The van der Waals surface area contributed by atoms with Gasteiger partial charge in [-0.25, -0.2) is 4.98 Å². The Bertz CT molecular complexity index is 1190. The van der Waals surface area contributed by atoms with Gasteiger partial charge in [-0.15, -0.1) is 11.8 Å². The third-order valence-electron chi connectivity index (χ3n) is 4.85. The van der Waals surface area contributed by atoms with Gasteiger partial charge >= 0.3 is 0 Å². The number of carbonyl (C=O) groups excluding carboxylic acids is 1. The molecule has 0 aliphatic carbocycles. The number of anilines is 1. The Morgan fingerprint density at radius 2 is 1.84 bits per heavy atom. The number of benzene rings is 2. The first kappa shape index (κ1) is 21.3. The van der Waals surface area contributed by atoms with Crippen molar-refractivity contribution in [2.24, 2.45) is 0 Å². The number of fused-ring (bicyclic) bond motifs is 1. The van der Waals surface area contributed by atoms with E-state index in [1.807, 2.05) is 36.4 Å². The molecule has 4 rings (SSSR count). The number of pyridine rings is 1. The summed E-state index contributed by atoms with van der Waals surface area (Å²) in [5, 5.41) is 0.723. The molecule has 7 heteroatoms. The third kappa shape index (κ3) is 5.06. The van der Waals surface area contributed by atoms with E-state index in [-0.39, 0.29) is 5.91 Å². The highest BCUT2D eigenvalue weighted by Gasteiger charge is 2.21. The lowest BCUT2D eigenvalue weighted by molar-refractivity contribution is -0.116. The summed E-state index contributed by atoms with van der Waals surface area (Å²) in [5.41, 5.74) is 4.31. The number of aromatic nitrogens is 2. The number of rotatable bonds is 7. The lowest BCUT2D eigenvalue weighted by atomic mass is 10.1. The highest BCUT2D eigenvalue weighted by atomic mass is 32.2. The van der Waals surface area contributed by atoms with Gasteiger partial charge in [0, 0.05) is 17.3 Å². The molecule has 2 aromatic heterocycles. The van der Waals surface area contributed by atoms with Crippen molar-refractivity contribution in [3.8, 4) is 5.75 Å². The van der Waals surface area contributed by atoms with Crippen molar-refractivity contribution >= 4 is 44.4 Å². The van der Waals surface area contributed by atoms with Gasteiger partial charge in [0.05, 0.1) is 29.6 Å². The number of aryl methyl sites for hydroxylation is 2. The monoisotopic (exact) mass is 449 g/mol. The first-order valence-electron chi connectivity index (χ1n) is 9.87. The van der Waals surface area contributed by atoms with Crippen LogP contribution in [0.25, 0.3) is 10.2 Å². The van der Waals surface area contributed by atoms with Gasteiger partial charge in [0.15, 0.2) is 5.13 Å². The minimum atomic E-state index is 0.0195. The zero-order valence-corrected chi connectivity index (χ0v) is 19.3. The van der Waals surface area contributed by atoms with Gasteiger partial charge < -0.3 is 4.74 Å². The van der Waals surface area contributed by atoms with E-state index in [0.717, 1.165) is 31.6 Å². The maximum atomic E-state index is 13.3. The lowest BCUT2D eigenvalue weighted by Gasteiger charge is -2.20. The second kappa shape index (κ2) is 9.49. The van der Waals surface area contributed by atoms with Crippen LogP contribution in [0.2, 0.25) is 0 Å². The van der Waals surface area contributed by atoms with Gasteiger partial charge in [0.2, 0.25) is 5.91 Å².